The first-order valence-corrected chi connectivity index (χ1v) is 4.92. The van der Waals surface area contributed by atoms with Crippen LogP contribution in [0.2, 0.25) is 0 Å². The number of aliphatic carboxylic acids is 1. The molecule has 0 spiro atoms. The lowest BCUT2D eigenvalue weighted by Gasteiger charge is -2.10. The van der Waals surface area contributed by atoms with E-state index in [4.69, 9.17) is 9.84 Å². The van der Waals surface area contributed by atoms with Crippen LogP contribution in [0.1, 0.15) is 20.3 Å². The molecule has 0 aliphatic carbocycles. The van der Waals surface area contributed by atoms with Gasteiger partial charge in [0.1, 0.15) is 6.04 Å². The van der Waals surface area contributed by atoms with Crippen molar-refractivity contribution < 1.29 is 19.4 Å². The maximum Gasteiger partial charge on any atom is 0.325 e. The van der Waals surface area contributed by atoms with Crippen molar-refractivity contribution >= 4 is 12.0 Å². The van der Waals surface area contributed by atoms with E-state index in [0.717, 1.165) is 6.42 Å². The Morgan fingerprint density at radius 3 is 2.60 bits per heavy atom. The van der Waals surface area contributed by atoms with Crippen LogP contribution in [0.25, 0.3) is 0 Å². The number of hydrogen-bond donors (Lipinski definition) is 3. The molecule has 15 heavy (non-hydrogen) atoms. The average molecular weight is 218 g/mol. The van der Waals surface area contributed by atoms with E-state index in [1.165, 1.54) is 6.92 Å². The van der Waals surface area contributed by atoms with Crippen molar-refractivity contribution in [3.8, 4) is 0 Å². The van der Waals surface area contributed by atoms with Crippen molar-refractivity contribution in [1.82, 2.24) is 10.6 Å². The van der Waals surface area contributed by atoms with Gasteiger partial charge in [-0.25, -0.2) is 4.79 Å². The average Bonchev–Trinajstić information content (AvgIpc) is 2.17. The molecule has 0 aliphatic rings. The van der Waals surface area contributed by atoms with Crippen LogP contribution in [0.3, 0.4) is 0 Å². The minimum absolute atomic E-state index is 0.373. The predicted molar refractivity (Wildman–Crippen MR) is 54.7 cm³/mol. The van der Waals surface area contributed by atoms with Crippen LogP contribution < -0.4 is 10.6 Å². The zero-order valence-electron chi connectivity index (χ0n) is 9.08. The number of urea groups is 1. The maximum atomic E-state index is 11.0. The Hall–Kier alpha value is -1.30. The summed E-state index contributed by atoms with van der Waals surface area (Å²) in [5.74, 6) is -1.06. The van der Waals surface area contributed by atoms with Gasteiger partial charge in [0.05, 0.1) is 6.61 Å². The van der Waals surface area contributed by atoms with Gasteiger partial charge in [-0.1, -0.05) is 6.92 Å². The number of carbonyl (C=O) groups is 2. The van der Waals surface area contributed by atoms with Gasteiger partial charge in [0.2, 0.25) is 0 Å². The Morgan fingerprint density at radius 1 is 1.40 bits per heavy atom. The minimum Gasteiger partial charge on any atom is -0.480 e. The number of carbonyl (C=O) groups excluding carboxylic acids is 1. The molecular formula is C9H18N2O4. The molecular weight excluding hydrogens is 200 g/mol. The van der Waals surface area contributed by atoms with E-state index in [0.29, 0.717) is 19.8 Å². The van der Waals surface area contributed by atoms with Crippen LogP contribution in [0.15, 0.2) is 0 Å². The molecule has 0 radical (unpaired) electrons. The second kappa shape index (κ2) is 8.05. The van der Waals surface area contributed by atoms with Gasteiger partial charge in [0.15, 0.2) is 0 Å². The van der Waals surface area contributed by atoms with Gasteiger partial charge in [-0.05, 0) is 13.3 Å². The number of rotatable bonds is 7. The van der Waals surface area contributed by atoms with Crippen molar-refractivity contribution in [3.63, 3.8) is 0 Å². The Morgan fingerprint density at radius 2 is 2.07 bits per heavy atom. The van der Waals surface area contributed by atoms with Crippen molar-refractivity contribution in [2.24, 2.45) is 0 Å². The lowest BCUT2D eigenvalue weighted by atomic mass is 10.3. The Bertz CT molecular complexity index is 208. The topological polar surface area (TPSA) is 87.7 Å². The fourth-order valence-corrected chi connectivity index (χ4v) is 0.793. The van der Waals surface area contributed by atoms with E-state index in [2.05, 4.69) is 10.6 Å². The van der Waals surface area contributed by atoms with Crippen molar-refractivity contribution in [2.75, 3.05) is 19.8 Å². The van der Waals surface area contributed by atoms with E-state index in [1.807, 2.05) is 6.92 Å². The van der Waals surface area contributed by atoms with Gasteiger partial charge in [-0.15, -0.1) is 0 Å². The van der Waals surface area contributed by atoms with Gasteiger partial charge >= 0.3 is 12.0 Å². The Kier molecular flexibility index (Phi) is 7.35. The number of hydrogen-bond acceptors (Lipinski definition) is 3. The lowest BCUT2D eigenvalue weighted by Crippen LogP contribution is -2.45. The van der Waals surface area contributed by atoms with Gasteiger partial charge in [0.25, 0.3) is 0 Å². The molecule has 0 aliphatic heterocycles. The third kappa shape index (κ3) is 7.75. The molecule has 0 aromatic rings. The van der Waals surface area contributed by atoms with Crippen molar-refractivity contribution in [1.29, 1.82) is 0 Å². The smallest absolute Gasteiger partial charge is 0.325 e. The highest BCUT2D eigenvalue weighted by molar-refractivity contribution is 5.82. The first-order chi connectivity index (χ1) is 7.07. The Balaban J connectivity index is 3.45. The monoisotopic (exact) mass is 218 g/mol. The first kappa shape index (κ1) is 13.7. The molecule has 2 amide bonds. The van der Waals surface area contributed by atoms with Crippen LogP contribution in [0.5, 0.6) is 0 Å². The van der Waals surface area contributed by atoms with E-state index in [1.54, 1.807) is 0 Å². The summed E-state index contributed by atoms with van der Waals surface area (Å²) < 4.78 is 5.13. The van der Waals surface area contributed by atoms with E-state index in [9.17, 15) is 9.59 Å². The van der Waals surface area contributed by atoms with Crippen molar-refractivity contribution in [3.05, 3.63) is 0 Å². The summed E-state index contributed by atoms with van der Waals surface area (Å²) in [5, 5.41) is 13.3. The molecule has 0 saturated carbocycles. The number of carboxylic acids is 1. The molecule has 0 saturated heterocycles. The summed E-state index contributed by atoms with van der Waals surface area (Å²) in [6.07, 6.45) is 0.933. The number of amides is 2. The molecule has 0 bridgehead atoms. The second-order valence-electron chi connectivity index (χ2n) is 3.07. The summed E-state index contributed by atoms with van der Waals surface area (Å²) in [5.41, 5.74) is 0. The number of carboxylic acid groups (broad SMARTS) is 1. The van der Waals surface area contributed by atoms with Gasteiger partial charge in [-0.3, -0.25) is 4.79 Å². The molecule has 0 aromatic heterocycles. The highest BCUT2D eigenvalue weighted by Gasteiger charge is 2.12. The normalized spacial score (nSPS) is 11.9. The van der Waals surface area contributed by atoms with Crippen LogP contribution in [-0.4, -0.2) is 42.9 Å². The molecule has 6 nitrogen and oxygen atoms in total. The highest BCUT2D eigenvalue weighted by atomic mass is 16.5. The molecule has 6 heteroatoms. The van der Waals surface area contributed by atoms with E-state index < -0.39 is 18.0 Å². The first-order valence-electron chi connectivity index (χ1n) is 4.92. The standard InChI is InChI=1S/C9H18N2O4/c1-3-5-15-6-4-10-9(14)11-7(2)8(12)13/h7H,3-6H2,1-2H3,(H,12,13)(H2,10,11,14). The third-order valence-corrected chi connectivity index (χ3v) is 1.60. The second-order valence-corrected chi connectivity index (χ2v) is 3.07. The maximum absolute atomic E-state index is 11.0. The predicted octanol–water partition coefficient (Wildman–Crippen LogP) is 0.185. The summed E-state index contributed by atoms with van der Waals surface area (Å²) in [6.45, 7) is 4.86. The minimum atomic E-state index is -1.06. The third-order valence-electron chi connectivity index (χ3n) is 1.60. The zero-order valence-corrected chi connectivity index (χ0v) is 9.08. The molecule has 1 atom stereocenters. The SMILES string of the molecule is CCCOCCNC(=O)NC(C)C(=O)O. The molecule has 3 N–H and O–H groups in total. The summed E-state index contributed by atoms with van der Waals surface area (Å²) in [6, 6.07) is -1.38. The van der Waals surface area contributed by atoms with E-state index >= 15 is 0 Å². The Labute approximate surface area is 89.0 Å². The molecule has 88 valence electrons. The summed E-state index contributed by atoms with van der Waals surface area (Å²) >= 11 is 0. The highest BCUT2D eigenvalue weighted by Crippen LogP contribution is 1.81. The number of nitrogens with one attached hydrogen (secondary N) is 2. The molecule has 0 fully saturated rings. The van der Waals surface area contributed by atoms with Gasteiger partial charge < -0.3 is 20.5 Å². The largest absolute Gasteiger partial charge is 0.480 e. The van der Waals surface area contributed by atoms with Crippen molar-refractivity contribution in [2.45, 2.75) is 26.3 Å². The van der Waals surface area contributed by atoms with Crippen LogP contribution in [0.4, 0.5) is 4.79 Å². The van der Waals surface area contributed by atoms with Crippen LogP contribution >= 0.6 is 0 Å². The molecule has 0 rings (SSSR count). The molecule has 0 heterocycles. The summed E-state index contributed by atoms with van der Waals surface area (Å²) in [4.78, 5) is 21.4. The fraction of sp³-hybridized carbons (Fsp3) is 0.778. The zero-order chi connectivity index (χ0) is 11.7. The summed E-state index contributed by atoms with van der Waals surface area (Å²) in [7, 11) is 0. The van der Waals surface area contributed by atoms with Gasteiger partial charge in [0, 0.05) is 13.2 Å². The quantitative estimate of drug-likeness (QED) is 0.532. The fourth-order valence-electron chi connectivity index (χ4n) is 0.793. The van der Waals surface area contributed by atoms with Crippen LogP contribution in [0, 0.1) is 0 Å². The number of ether oxygens (including phenoxy) is 1. The lowest BCUT2D eigenvalue weighted by molar-refractivity contribution is -0.138. The molecule has 0 aromatic carbocycles. The van der Waals surface area contributed by atoms with E-state index in [-0.39, 0.29) is 0 Å². The van der Waals surface area contributed by atoms with Crippen LogP contribution in [-0.2, 0) is 9.53 Å². The van der Waals surface area contributed by atoms with Gasteiger partial charge in [-0.2, -0.15) is 0 Å². The molecule has 1 unspecified atom stereocenters.